The number of urea groups is 1. The third kappa shape index (κ3) is 3.31. The Morgan fingerprint density at radius 1 is 1.45 bits per heavy atom. The highest BCUT2D eigenvalue weighted by Crippen LogP contribution is 2.30. The molecule has 0 aromatic carbocycles. The number of aromatic amines is 1. The van der Waals surface area contributed by atoms with E-state index in [-0.39, 0.29) is 11.7 Å². The van der Waals surface area contributed by atoms with Crippen LogP contribution in [0.5, 0.6) is 0 Å². The number of hydrogen-bond donors (Lipinski definition) is 4. The summed E-state index contributed by atoms with van der Waals surface area (Å²) >= 11 is 0. The number of aromatic nitrogens is 1. The first-order valence-electron chi connectivity index (χ1n) is 6.95. The molecule has 1 aliphatic rings. The number of carbonyl (C=O) groups is 2. The zero-order valence-corrected chi connectivity index (χ0v) is 11.8. The van der Waals surface area contributed by atoms with Crippen LogP contribution in [0.1, 0.15) is 42.4 Å². The van der Waals surface area contributed by atoms with Crippen molar-refractivity contribution in [3.8, 4) is 0 Å². The molecule has 6 heteroatoms. The molecule has 6 nitrogen and oxygen atoms in total. The smallest absolute Gasteiger partial charge is 0.354 e. The Hall–Kier alpha value is -1.98. The van der Waals surface area contributed by atoms with Gasteiger partial charge < -0.3 is 20.7 Å². The molecule has 110 valence electrons. The molecule has 1 heterocycles. The third-order valence-electron chi connectivity index (χ3n) is 3.98. The fourth-order valence-corrected chi connectivity index (χ4v) is 2.77. The van der Waals surface area contributed by atoms with E-state index in [1.165, 1.54) is 12.8 Å². The third-order valence-corrected chi connectivity index (χ3v) is 3.98. The molecule has 4 N–H and O–H groups in total. The molecule has 2 atom stereocenters. The van der Waals surface area contributed by atoms with Crippen molar-refractivity contribution in [3.63, 3.8) is 0 Å². The van der Waals surface area contributed by atoms with E-state index in [0.717, 1.165) is 6.42 Å². The Balaban J connectivity index is 1.89. The van der Waals surface area contributed by atoms with Gasteiger partial charge in [-0.1, -0.05) is 19.8 Å². The highest BCUT2D eigenvalue weighted by atomic mass is 16.4. The average Bonchev–Trinajstić information content (AvgIpc) is 2.93. The molecule has 2 unspecified atom stereocenters. The van der Waals surface area contributed by atoms with Crippen LogP contribution in [-0.4, -0.2) is 28.6 Å². The fraction of sp³-hybridized carbons (Fsp3) is 0.571. The maximum atomic E-state index is 11.8. The molecule has 1 aliphatic carbocycles. The summed E-state index contributed by atoms with van der Waals surface area (Å²) in [4.78, 5) is 25.6. The van der Waals surface area contributed by atoms with Crippen molar-refractivity contribution in [3.05, 3.63) is 17.5 Å². The molecule has 2 rings (SSSR count). The van der Waals surface area contributed by atoms with Crippen molar-refractivity contribution in [1.82, 2.24) is 10.3 Å². The first-order chi connectivity index (χ1) is 9.47. The van der Waals surface area contributed by atoms with Gasteiger partial charge in [0, 0.05) is 12.2 Å². The normalized spacial score (nSPS) is 21.7. The lowest BCUT2D eigenvalue weighted by Crippen LogP contribution is -2.34. The molecule has 0 saturated heterocycles. The highest BCUT2D eigenvalue weighted by Gasteiger charge is 2.23. The molecule has 1 aromatic heterocycles. The van der Waals surface area contributed by atoms with Gasteiger partial charge in [0.2, 0.25) is 0 Å². The van der Waals surface area contributed by atoms with Gasteiger partial charge >= 0.3 is 12.0 Å². The minimum atomic E-state index is -1.09. The van der Waals surface area contributed by atoms with Crippen LogP contribution in [0.4, 0.5) is 10.5 Å². The first-order valence-corrected chi connectivity index (χ1v) is 6.95. The molecule has 0 aliphatic heterocycles. The van der Waals surface area contributed by atoms with E-state index in [0.29, 0.717) is 29.8 Å². The lowest BCUT2D eigenvalue weighted by molar-refractivity contribution is 0.0692. The first kappa shape index (κ1) is 14.4. The van der Waals surface area contributed by atoms with Crippen molar-refractivity contribution in [2.45, 2.75) is 33.1 Å². The zero-order chi connectivity index (χ0) is 14.7. The van der Waals surface area contributed by atoms with Gasteiger partial charge in [0.25, 0.3) is 0 Å². The van der Waals surface area contributed by atoms with Crippen LogP contribution >= 0.6 is 0 Å². The summed E-state index contributed by atoms with van der Waals surface area (Å²) in [5.74, 6) is 0.0739. The van der Waals surface area contributed by atoms with E-state index in [2.05, 4.69) is 22.5 Å². The summed E-state index contributed by atoms with van der Waals surface area (Å²) in [6, 6.07) is 1.26. The minimum Gasteiger partial charge on any atom is -0.477 e. The number of aromatic carboxylic acids is 1. The van der Waals surface area contributed by atoms with Crippen molar-refractivity contribution in [2.75, 3.05) is 11.9 Å². The van der Waals surface area contributed by atoms with E-state index < -0.39 is 5.97 Å². The summed E-state index contributed by atoms with van der Waals surface area (Å²) < 4.78 is 0. The van der Waals surface area contributed by atoms with Gasteiger partial charge in [-0.25, -0.2) is 9.59 Å². The predicted molar refractivity (Wildman–Crippen MR) is 76.0 cm³/mol. The van der Waals surface area contributed by atoms with Crippen molar-refractivity contribution < 1.29 is 14.7 Å². The van der Waals surface area contributed by atoms with Crippen LogP contribution < -0.4 is 10.6 Å². The summed E-state index contributed by atoms with van der Waals surface area (Å²) in [6.07, 6.45) is 3.58. The van der Waals surface area contributed by atoms with E-state index in [4.69, 9.17) is 5.11 Å². The number of rotatable bonds is 4. The summed E-state index contributed by atoms with van der Waals surface area (Å²) in [6.45, 7) is 4.59. The highest BCUT2D eigenvalue weighted by molar-refractivity contribution is 5.99. The molecule has 1 saturated carbocycles. The van der Waals surface area contributed by atoms with Gasteiger partial charge in [-0.05, 0) is 31.2 Å². The maximum absolute atomic E-state index is 11.8. The number of nitrogens with one attached hydrogen (secondary N) is 3. The van der Waals surface area contributed by atoms with Gasteiger partial charge in [-0.2, -0.15) is 0 Å². The maximum Gasteiger partial charge on any atom is 0.354 e. The van der Waals surface area contributed by atoms with E-state index >= 15 is 0 Å². The Morgan fingerprint density at radius 3 is 2.80 bits per heavy atom. The molecule has 1 aromatic rings. The van der Waals surface area contributed by atoms with Crippen LogP contribution in [0.3, 0.4) is 0 Å². The number of aryl methyl sites for hydroxylation is 1. The number of amides is 2. The van der Waals surface area contributed by atoms with E-state index in [1.54, 1.807) is 13.0 Å². The Bertz CT molecular complexity index is 510. The van der Waals surface area contributed by atoms with Gasteiger partial charge in [0.1, 0.15) is 5.69 Å². The Labute approximate surface area is 118 Å². The summed E-state index contributed by atoms with van der Waals surface area (Å²) in [7, 11) is 0. The molecule has 1 fully saturated rings. The number of hydrogen-bond acceptors (Lipinski definition) is 2. The number of carbonyl (C=O) groups excluding carboxylic acids is 1. The van der Waals surface area contributed by atoms with Gasteiger partial charge in [0.05, 0.1) is 5.69 Å². The molecule has 0 spiro atoms. The summed E-state index contributed by atoms with van der Waals surface area (Å²) in [5, 5.41) is 14.4. The standard InChI is InChI=1S/C14H21N3O3/c1-8-4-3-5-10(8)7-15-14(20)17-11-6-9(2)16-12(11)13(18)19/h6,8,10,16H,3-5,7H2,1-2H3,(H,18,19)(H2,15,17,20). The molecule has 0 radical (unpaired) electrons. The topological polar surface area (TPSA) is 94.2 Å². The Kier molecular flexibility index (Phi) is 4.32. The molecule has 20 heavy (non-hydrogen) atoms. The fourth-order valence-electron chi connectivity index (χ4n) is 2.77. The average molecular weight is 279 g/mol. The van der Waals surface area contributed by atoms with Crippen molar-refractivity contribution in [2.24, 2.45) is 11.8 Å². The SMILES string of the molecule is Cc1cc(NC(=O)NCC2CCCC2C)c(C(=O)O)[nH]1. The van der Waals surface area contributed by atoms with Crippen LogP contribution in [0, 0.1) is 18.8 Å². The molecular weight excluding hydrogens is 258 g/mol. The van der Waals surface area contributed by atoms with Gasteiger partial charge in [-0.15, -0.1) is 0 Å². The van der Waals surface area contributed by atoms with Gasteiger partial charge in [-0.3, -0.25) is 0 Å². The number of carboxylic acid groups (broad SMARTS) is 1. The van der Waals surface area contributed by atoms with Crippen molar-refractivity contribution in [1.29, 1.82) is 0 Å². The minimum absolute atomic E-state index is 0.00637. The monoisotopic (exact) mass is 279 g/mol. The quantitative estimate of drug-likeness (QED) is 0.682. The largest absolute Gasteiger partial charge is 0.477 e. The van der Waals surface area contributed by atoms with Gasteiger partial charge in [0.15, 0.2) is 0 Å². The second kappa shape index (κ2) is 5.98. The summed E-state index contributed by atoms with van der Waals surface area (Å²) in [5.41, 5.74) is 1.00. The zero-order valence-electron chi connectivity index (χ0n) is 11.8. The number of anilines is 1. The van der Waals surface area contributed by atoms with Crippen molar-refractivity contribution >= 4 is 17.7 Å². The van der Waals surface area contributed by atoms with Crippen LogP contribution in [0.2, 0.25) is 0 Å². The second-order valence-corrected chi connectivity index (χ2v) is 5.55. The van der Waals surface area contributed by atoms with E-state index in [9.17, 15) is 9.59 Å². The number of H-pyrrole nitrogens is 1. The van der Waals surface area contributed by atoms with Crippen LogP contribution in [0.25, 0.3) is 0 Å². The molecular formula is C14H21N3O3. The number of carboxylic acids is 1. The van der Waals surface area contributed by atoms with Crippen LogP contribution in [-0.2, 0) is 0 Å². The Morgan fingerprint density at radius 2 is 2.20 bits per heavy atom. The van der Waals surface area contributed by atoms with Crippen LogP contribution in [0.15, 0.2) is 6.07 Å². The molecule has 2 amide bonds. The second-order valence-electron chi connectivity index (χ2n) is 5.55. The van der Waals surface area contributed by atoms with E-state index in [1.807, 2.05) is 0 Å². The lowest BCUT2D eigenvalue weighted by atomic mass is 9.98. The predicted octanol–water partition coefficient (Wildman–Crippen LogP) is 2.58. The lowest BCUT2D eigenvalue weighted by Gasteiger charge is -2.16. The molecule has 0 bridgehead atoms.